The number of benzene rings is 3. The Morgan fingerprint density at radius 1 is 0.690 bits per heavy atom. The summed E-state index contributed by atoms with van der Waals surface area (Å²) in [5.74, 6) is 6.76. The number of aryl methyl sites for hydroxylation is 1. The maximum absolute atomic E-state index is 3.25. The van der Waals surface area contributed by atoms with Gasteiger partial charge in [0, 0.05) is 0 Å². The molecule has 0 saturated heterocycles. The van der Waals surface area contributed by atoms with Gasteiger partial charge in [0.15, 0.2) is 0 Å². The summed E-state index contributed by atoms with van der Waals surface area (Å²) in [6.07, 6.45) is 10.7. The van der Waals surface area contributed by atoms with Gasteiger partial charge in [-0.25, -0.2) is 0 Å². The monoisotopic (exact) mass is 370 g/mol. The molecule has 0 nitrogen and oxygen atoms in total. The molecule has 1 heteroatoms. The summed E-state index contributed by atoms with van der Waals surface area (Å²) in [6.45, 7) is 2.01. The molecule has 29 heavy (non-hydrogen) atoms. The van der Waals surface area contributed by atoms with Gasteiger partial charge in [0.2, 0.25) is 0 Å². The van der Waals surface area contributed by atoms with Crippen LogP contribution in [0.15, 0.2) is 109 Å². The van der Waals surface area contributed by atoms with E-state index >= 15 is 0 Å². The fourth-order valence-corrected chi connectivity index (χ4v) is 3.45. The molecule has 0 unspecified atom stereocenters. The molecule has 0 bridgehead atoms. The Morgan fingerprint density at radius 2 is 1.31 bits per heavy atom. The molecule has 0 heterocycles. The fourth-order valence-electron chi connectivity index (χ4n) is 3.45. The molecule has 1 aliphatic carbocycles. The molecule has 138 valence electrons. The Morgan fingerprint density at radius 3 is 2.00 bits per heavy atom. The second-order valence-corrected chi connectivity index (χ2v) is 7.18. The summed E-state index contributed by atoms with van der Waals surface area (Å²) in [4.78, 5) is 0. The van der Waals surface area contributed by atoms with Gasteiger partial charge in [-0.3, -0.25) is 0 Å². The van der Waals surface area contributed by atoms with E-state index in [1.807, 2.05) is 19.1 Å². The first kappa shape index (κ1) is 19.0. The van der Waals surface area contributed by atoms with Crippen molar-refractivity contribution in [3.05, 3.63) is 120 Å². The van der Waals surface area contributed by atoms with E-state index in [9.17, 15) is 0 Å². The Kier molecular flexibility index (Phi) is 6.36. The van der Waals surface area contributed by atoms with Crippen LogP contribution in [0, 0.1) is 11.7 Å². The summed E-state index contributed by atoms with van der Waals surface area (Å²) >= 11 is 0. The van der Waals surface area contributed by atoms with E-state index < -0.39 is 0 Å². The van der Waals surface area contributed by atoms with Gasteiger partial charge in [-0.05, 0) is 0 Å². The van der Waals surface area contributed by atoms with Crippen LogP contribution in [0.3, 0.4) is 0 Å². The molecule has 0 aromatic heterocycles. The van der Waals surface area contributed by atoms with Gasteiger partial charge in [-0.2, -0.15) is 0 Å². The average molecular weight is 370 g/mol. The average Bonchev–Trinajstić information content (AvgIpc) is 2.81. The molecule has 3 aromatic carbocycles. The van der Waals surface area contributed by atoms with Crippen molar-refractivity contribution in [3.8, 4) is 22.9 Å². The minimum absolute atomic E-state index is 0.322. The molecule has 3 aromatic rings. The van der Waals surface area contributed by atoms with Gasteiger partial charge in [0.1, 0.15) is 0 Å². The van der Waals surface area contributed by atoms with Gasteiger partial charge in [0.05, 0.1) is 0 Å². The van der Waals surface area contributed by atoms with Crippen LogP contribution in [0.5, 0.6) is 0 Å². The number of hydrogen-bond acceptors (Lipinski definition) is 0. The summed E-state index contributed by atoms with van der Waals surface area (Å²) in [6, 6.07) is 29.9. The molecule has 0 radical (unpaired) electrons. The summed E-state index contributed by atoms with van der Waals surface area (Å²) < 4.78 is 0. The first-order chi connectivity index (χ1) is 14.4. The van der Waals surface area contributed by atoms with E-state index in [1.54, 1.807) is 0 Å². The zero-order valence-electron chi connectivity index (χ0n) is 16.5. The van der Waals surface area contributed by atoms with E-state index in [-0.39, 0.29) is 0 Å². The Hall–Kier alpha value is -3.37. The van der Waals surface area contributed by atoms with Crippen LogP contribution in [0.1, 0.15) is 23.5 Å². The normalized spacial score (nSPS) is 14.8. The second kappa shape index (κ2) is 9.72. The van der Waals surface area contributed by atoms with E-state index in [4.69, 9.17) is 0 Å². The van der Waals surface area contributed by atoms with Gasteiger partial charge in [-0.1, -0.05) is 0 Å². The van der Waals surface area contributed by atoms with Crippen molar-refractivity contribution in [2.45, 2.75) is 18.8 Å². The molecular formula is C28H23B. The predicted octanol–water partition coefficient (Wildman–Crippen LogP) is 6.03. The van der Waals surface area contributed by atoms with Crippen molar-refractivity contribution in [3.63, 3.8) is 0 Å². The van der Waals surface area contributed by atoms with Crippen LogP contribution < -0.4 is 0 Å². The van der Waals surface area contributed by atoms with Gasteiger partial charge >= 0.3 is 174 Å². The van der Waals surface area contributed by atoms with Crippen molar-refractivity contribution in [1.29, 1.82) is 0 Å². The van der Waals surface area contributed by atoms with Gasteiger partial charge < -0.3 is 0 Å². The van der Waals surface area contributed by atoms with Crippen molar-refractivity contribution < 1.29 is 0 Å². The molecule has 0 aliphatic heterocycles. The van der Waals surface area contributed by atoms with Crippen LogP contribution in [-0.2, 0) is 6.42 Å². The third-order valence-electron chi connectivity index (χ3n) is 5.12. The van der Waals surface area contributed by atoms with Gasteiger partial charge in [-0.15, -0.1) is 0 Å². The molecule has 4 rings (SSSR count). The predicted molar refractivity (Wildman–Crippen MR) is 126 cm³/mol. The van der Waals surface area contributed by atoms with Crippen molar-refractivity contribution in [2.24, 2.45) is 0 Å². The summed E-state index contributed by atoms with van der Waals surface area (Å²) in [5, 5.41) is 0. The quantitative estimate of drug-likeness (QED) is 0.388. The van der Waals surface area contributed by atoms with Crippen LogP contribution in [0.25, 0.3) is 11.1 Å². The standard InChI is InChI=1S/C28H23B/c1-3-9-23(10-4-1)11-7-8-22-29-28-20-18-27(19-21-28)26-16-14-25(15-17-26)24-12-5-2-6-13-24/h1-6,9-10,12-21,27H,7,11H2. The van der Waals surface area contributed by atoms with Crippen LogP contribution >= 0.6 is 0 Å². The molecule has 0 spiro atoms. The third kappa shape index (κ3) is 5.34. The number of rotatable bonds is 4. The van der Waals surface area contributed by atoms with Crippen LogP contribution in [0.2, 0.25) is 0 Å². The summed E-state index contributed by atoms with van der Waals surface area (Å²) in [5.41, 5.74) is 6.32. The first-order valence-corrected chi connectivity index (χ1v) is 10.1. The van der Waals surface area contributed by atoms with Crippen LogP contribution in [0.4, 0.5) is 0 Å². The van der Waals surface area contributed by atoms with E-state index in [0.29, 0.717) is 5.92 Å². The second-order valence-electron chi connectivity index (χ2n) is 7.18. The SMILES string of the molecule is B(C#CCCc1ccccc1)=C1C=CC(c2ccc(-c3ccccc3)cc2)C=C1. The van der Waals surface area contributed by atoms with E-state index in [0.717, 1.165) is 18.3 Å². The summed E-state index contributed by atoms with van der Waals surface area (Å²) in [7, 11) is 0. The first-order valence-electron chi connectivity index (χ1n) is 10.1. The Bertz CT molecular complexity index is 1060. The zero-order chi connectivity index (χ0) is 19.7. The molecule has 0 fully saturated rings. The molecule has 0 N–H and O–H groups in total. The van der Waals surface area contributed by atoms with Crippen molar-refractivity contribution >= 4 is 12.4 Å². The molecule has 0 amide bonds. The van der Waals surface area contributed by atoms with E-state index in [1.165, 1.54) is 22.3 Å². The minimum atomic E-state index is 0.322. The molecule has 1 aliphatic rings. The third-order valence-corrected chi connectivity index (χ3v) is 5.12. The topological polar surface area (TPSA) is 0 Å². The van der Waals surface area contributed by atoms with Gasteiger partial charge in [0.25, 0.3) is 0 Å². The number of allylic oxidation sites excluding steroid dienone is 4. The molecule has 0 saturated carbocycles. The number of hydrogen-bond donors (Lipinski definition) is 0. The van der Waals surface area contributed by atoms with Crippen molar-refractivity contribution in [2.75, 3.05) is 0 Å². The molecular weight excluding hydrogens is 347 g/mol. The van der Waals surface area contributed by atoms with Crippen molar-refractivity contribution in [1.82, 2.24) is 0 Å². The maximum atomic E-state index is 3.25. The Labute approximate surface area is 174 Å². The van der Waals surface area contributed by atoms with Crippen LogP contribution in [-0.4, -0.2) is 12.4 Å². The molecule has 0 atom stereocenters. The Balaban J connectivity index is 1.33. The fraction of sp³-hybridized carbons (Fsp3) is 0.107. The van der Waals surface area contributed by atoms with E-state index in [2.05, 4.69) is 109 Å². The zero-order valence-corrected chi connectivity index (χ0v) is 16.5.